The molecule has 1 heterocycles. The van der Waals surface area contributed by atoms with Crippen molar-refractivity contribution >= 4 is 23.3 Å². The van der Waals surface area contributed by atoms with Crippen LogP contribution in [-0.2, 0) is 11.2 Å². The summed E-state index contributed by atoms with van der Waals surface area (Å²) >= 11 is 1.64. The summed E-state index contributed by atoms with van der Waals surface area (Å²) in [5.41, 5.74) is 0.964. The van der Waals surface area contributed by atoms with Gasteiger partial charge in [-0.2, -0.15) is 0 Å². The average molecular weight is 326 g/mol. The van der Waals surface area contributed by atoms with Crippen molar-refractivity contribution in [3.8, 4) is 0 Å². The third kappa shape index (κ3) is 4.19. The zero-order valence-corrected chi connectivity index (χ0v) is 15.2. The quantitative estimate of drug-likeness (QED) is 0.902. The SMILES string of the molecule is CCc1nc(C)c([C@H](C)N(C)C(=O)N[C@H](C)C(=O)N(C)C)s1. The maximum atomic E-state index is 12.3. The van der Waals surface area contributed by atoms with Crippen LogP contribution in [0.15, 0.2) is 0 Å². The molecule has 22 heavy (non-hydrogen) atoms. The van der Waals surface area contributed by atoms with Crippen LogP contribution in [0.4, 0.5) is 4.79 Å². The Morgan fingerprint density at radius 3 is 2.32 bits per heavy atom. The summed E-state index contributed by atoms with van der Waals surface area (Å²) in [6.07, 6.45) is 0.891. The highest BCUT2D eigenvalue weighted by molar-refractivity contribution is 7.11. The van der Waals surface area contributed by atoms with Crippen LogP contribution in [0, 0.1) is 6.92 Å². The van der Waals surface area contributed by atoms with Crippen molar-refractivity contribution in [1.82, 2.24) is 20.1 Å². The molecule has 1 aromatic rings. The minimum Gasteiger partial charge on any atom is -0.347 e. The number of likely N-dealkylation sites (N-methyl/N-ethyl adjacent to an activating group) is 1. The van der Waals surface area contributed by atoms with Gasteiger partial charge in [0.2, 0.25) is 5.91 Å². The number of carbonyl (C=O) groups excluding carboxylic acids is 2. The molecular formula is C15H26N4O2S. The molecule has 0 bridgehead atoms. The van der Waals surface area contributed by atoms with E-state index in [1.165, 1.54) is 4.90 Å². The van der Waals surface area contributed by atoms with Gasteiger partial charge in [-0.15, -0.1) is 11.3 Å². The Hall–Kier alpha value is -1.63. The van der Waals surface area contributed by atoms with Crippen molar-refractivity contribution in [3.63, 3.8) is 0 Å². The number of hydrogen-bond donors (Lipinski definition) is 1. The molecule has 0 aliphatic rings. The molecule has 0 saturated carbocycles. The lowest BCUT2D eigenvalue weighted by Gasteiger charge is -2.27. The molecule has 0 radical (unpaired) electrons. The molecule has 0 aromatic carbocycles. The van der Waals surface area contributed by atoms with Gasteiger partial charge in [-0.1, -0.05) is 6.92 Å². The molecule has 0 aliphatic carbocycles. The fraction of sp³-hybridized carbons (Fsp3) is 0.667. The maximum absolute atomic E-state index is 12.3. The fourth-order valence-electron chi connectivity index (χ4n) is 2.09. The first kappa shape index (κ1) is 18.4. The van der Waals surface area contributed by atoms with Crippen LogP contribution in [-0.4, -0.2) is 53.9 Å². The number of nitrogens with zero attached hydrogens (tertiary/aromatic N) is 3. The number of rotatable bonds is 5. The molecule has 1 rings (SSSR count). The molecule has 0 spiro atoms. The second kappa shape index (κ2) is 7.58. The number of aromatic nitrogens is 1. The van der Waals surface area contributed by atoms with Crippen molar-refractivity contribution < 1.29 is 9.59 Å². The lowest BCUT2D eigenvalue weighted by Crippen LogP contribution is -2.49. The van der Waals surface area contributed by atoms with Gasteiger partial charge in [0.25, 0.3) is 0 Å². The summed E-state index contributed by atoms with van der Waals surface area (Å²) in [4.78, 5) is 32.8. The summed E-state index contributed by atoms with van der Waals surface area (Å²) in [6, 6.07) is -0.897. The smallest absolute Gasteiger partial charge is 0.318 e. The van der Waals surface area contributed by atoms with Gasteiger partial charge >= 0.3 is 6.03 Å². The summed E-state index contributed by atoms with van der Waals surface area (Å²) in [6.45, 7) is 7.69. The van der Waals surface area contributed by atoms with E-state index in [1.54, 1.807) is 44.3 Å². The Labute approximate surface area is 136 Å². The minimum absolute atomic E-state index is 0.0838. The predicted octanol–water partition coefficient (Wildman–Crippen LogP) is 2.19. The van der Waals surface area contributed by atoms with E-state index in [1.807, 2.05) is 13.8 Å². The molecule has 2 atom stereocenters. The molecule has 3 amide bonds. The Morgan fingerprint density at radius 2 is 1.86 bits per heavy atom. The Morgan fingerprint density at radius 1 is 1.27 bits per heavy atom. The van der Waals surface area contributed by atoms with Crippen LogP contribution in [0.3, 0.4) is 0 Å². The maximum Gasteiger partial charge on any atom is 0.318 e. The molecule has 0 saturated heterocycles. The number of nitrogens with one attached hydrogen (secondary N) is 1. The average Bonchev–Trinajstić information content (AvgIpc) is 2.85. The first-order chi connectivity index (χ1) is 10.2. The highest BCUT2D eigenvalue weighted by atomic mass is 32.1. The van der Waals surface area contributed by atoms with E-state index in [9.17, 15) is 9.59 Å². The number of aryl methyl sites for hydroxylation is 2. The molecule has 6 nitrogen and oxygen atoms in total. The van der Waals surface area contributed by atoms with Gasteiger partial charge in [-0.05, 0) is 27.2 Å². The first-order valence-electron chi connectivity index (χ1n) is 7.39. The van der Waals surface area contributed by atoms with Crippen LogP contribution < -0.4 is 5.32 Å². The standard InChI is InChI=1S/C15H26N4O2S/c1-8-12-16-9(2)13(22-12)11(4)19(7)15(21)17-10(3)14(20)18(5)6/h10-11H,8H2,1-7H3,(H,17,21)/t10-,11+/m1/s1. The Balaban J connectivity index is 2.77. The molecule has 124 valence electrons. The molecule has 7 heteroatoms. The third-order valence-corrected chi connectivity index (χ3v) is 5.08. The summed E-state index contributed by atoms with van der Waals surface area (Å²) < 4.78 is 0. The zero-order valence-electron chi connectivity index (χ0n) is 14.4. The van der Waals surface area contributed by atoms with E-state index in [0.29, 0.717) is 0 Å². The van der Waals surface area contributed by atoms with Gasteiger partial charge in [0.1, 0.15) is 6.04 Å². The second-order valence-electron chi connectivity index (χ2n) is 5.60. The van der Waals surface area contributed by atoms with Gasteiger partial charge < -0.3 is 15.1 Å². The van der Waals surface area contributed by atoms with Crippen LogP contribution in [0.1, 0.15) is 42.4 Å². The largest absolute Gasteiger partial charge is 0.347 e. The lowest BCUT2D eigenvalue weighted by molar-refractivity contribution is -0.130. The normalized spacial score (nSPS) is 13.4. The third-order valence-electron chi connectivity index (χ3n) is 3.61. The van der Waals surface area contributed by atoms with Crippen LogP contribution in [0.5, 0.6) is 0 Å². The van der Waals surface area contributed by atoms with E-state index < -0.39 is 6.04 Å². The van der Waals surface area contributed by atoms with Gasteiger partial charge in [-0.25, -0.2) is 9.78 Å². The molecule has 1 N–H and O–H groups in total. The molecule has 0 aliphatic heterocycles. The zero-order chi connectivity index (χ0) is 17.0. The number of carbonyl (C=O) groups is 2. The predicted molar refractivity (Wildman–Crippen MR) is 89.1 cm³/mol. The van der Waals surface area contributed by atoms with E-state index in [-0.39, 0.29) is 18.0 Å². The van der Waals surface area contributed by atoms with Crippen molar-refractivity contribution in [3.05, 3.63) is 15.6 Å². The number of amides is 3. The summed E-state index contributed by atoms with van der Waals surface area (Å²) in [5.74, 6) is -0.128. The fourth-order valence-corrected chi connectivity index (χ4v) is 3.20. The number of hydrogen-bond acceptors (Lipinski definition) is 4. The molecular weight excluding hydrogens is 300 g/mol. The van der Waals surface area contributed by atoms with Crippen LogP contribution in [0.25, 0.3) is 0 Å². The van der Waals surface area contributed by atoms with E-state index >= 15 is 0 Å². The molecule has 0 fully saturated rings. The number of urea groups is 1. The first-order valence-corrected chi connectivity index (χ1v) is 8.21. The Bertz CT molecular complexity index is 542. The lowest BCUT2D eigenvalue weighted by atomic mass is 10.2. The minimum atomic E-state index is -0.550. The van der Waals surface area contributed by atoms with Crippen molar-refractivity contribution in [2.45, 2.75) is 46.2 Å². The van der Waals surface area contributed by atoms with Gasteiger partial charge in [0.15, 0.2) is 0 Å². The Kier molecular flexibility index (Phi) is 6.34. The van der Waals surface area contributed by atoms with Gasteiger partial charge in [0.05, 0.1) is 16.7 Å². The van der Waals surface area contributed by atoms with Crippen molar-refractivity contribution in [1.29, 1.82) is 0 Å². The van der Waals surface area contributed by atoms with Crippen LogP contribution >= 0.6 is 11.3 Å². The van der Waals surface area contributed by atoms with E-state index in [4.69, 9.17) is 0 Å². The topological polar surface area (TPSA) is 65.5 Å². The summed E-state index contributed by atoms with van der Waals surface area (Å²) in [5, 5.41) is 3.81. The van der Waals surface area contributed by atoms with E-state index in [0.717, 1.165) is 22.0 Å². The monoisotopic (exact) mass is 326 g/mol. The molecule has 1 aromatic heterocycles. The second-order valence-corrected chi connectivity index (χ2v) is 6.72. The van der Waals surface area contributed by atoms with Crippen molar-refractivity contribution in [2.75, 3.05) is 21.1 Å². The summed E-state index contributed by atoms with van der Waals surface area (Å²) in [7, 11) is 5.08. The molecule has 0 unspecified atom stereocenters. The number of thiazole rings is 1. The highest BCUT2D eigenvalue weighted by Crippen LogP contribution is 2.28. The highest BCUT2D eigenvalue weighted by Gasteiger charge is 2.24. The van der Waals surface area contributed by atoms with Crippen molar-refractivity contribution in [2.24, 2.45) is 0 Å². The van der Waals surface area contributed by atoms with Gasteiger partial charge in [-0.3, -0.25) is 4.79 Å². The van der Waals surface area contributed by atoms with E-state index in [2.05, 4.69) is 17.2 Å². The van der Waals surface area contributed by atoms with Crippen LogP contribution in [0.2, 0.25) is 0 Å². The van der Waals surface area contributed by atoms with Gasteiger partial charge in [0, 0.05) is 26.0 Å².